The van der Waals surface area contributed by atoms with Gasteiger partial charge in [-0.05, 0) is 43.9 Å². The van der Waals surface area contributed by atoms with Crippen LogP contribution in [0.4, 0.5) is 13.6 Å². The fraction of sp³-hybridized carbons (Fsp3) is 0.737. The van der Waals surface area contributed by atoms with Crippen LogP contribution in [-0.4, -0.2) is 46.2 Å². The average molecular weight is 483 g/mol. The Morgan fingerprint density at radius 3 is 2.30 bits per heavy atom. The normalized spacial score (nSPS) is 18.5. The molecular formula is C19H32F2N2O4S2Si. The van der Waals surface area contributed by atoms with Gasteiger partial charge in [0.2, 0.25) is 10.0 Å². The lowest BCUT2D eigenvalue weighted by Crippen LogP contribution is -2.54. The molecule has 1 amide bonds. The fourth-order valence-electron chi connectivity index (χ4n) is 2.86. The van der Waals surface area contributed by atoms with Crippen molar-refractivity contribution in [3.05, 3.63) is 16.5 Å². The largest absolute Gasteiger partial charge is 0.444 e. The van der Waals surface area contributed by atoms with Gasteiger partial charge in [-0.15, -0.1) is 11.3 Å². The predicted octanol–water partition coefficient (Wildman–Crippen LogP) is 5.13. The summed E-state index contributed by atoms with van der Waals surface area (Å²) in [5, 5.41) is -0.226. The van der Waals surface area contributed by atoms with Gasteiger partial charge in [-0.1, -0.05) is 33.9 Å². The number of thiophene rings is 1. The molecule has 0 aliphatic carbocycles. The number of nitrogens with zero attached hydrogens (tertiary/aromatic N) is 1. The zero-order valence-corrected chi connectivity index (χ0v) is 21.4. The van der Waals surface area contributed by atoms with Crippen LogP contribution in [0.5, 0.6) is 0 Å². The summed E-state index contributed by atoms with van der Waals surface area (Å²) in [5.41, 5.74) is -0.636. The predicted molar refractivity (Wildman–Crippen MR) is 117 cm³/mol. The van der Waals surface area contributed by atoms with Crippen LogP contribution in [0.3, 0.4) is 0 Å². The monoisotopic (exact) mass is 482 g/mol. The van der Waals surface area contributed by atoms with E-state index in [-0.39, 0.29) is 21.4 Å². The van der Waals surface area contributed by atoms with Crippen LogP contribution in [0, 0.1) is 0 Å². The number of ether oxygens (including phenoxy) is 1. The van der Waals surface area contributed by atoms with Crippen LogP contribution >= 0.6 is 11.3 Å². The SMILES string of the molecule is CC(C)(C)OC(=O)N1CCc2sc(S(=O)(=O)N[Si](C)(C)C(C)(C)C)cc2C1C(F)F. The topological polar surface area (TPSA) is 75.7 Å². The Labute approximate surface area is 183 Å². The first-order valence-electron chi connectivity index (χ1n) is 9.80. The van der Waals surface area contributed by atoms with Crippen LogP contribution in [-0.2, 0) is 21.2 Å². The Kier molecular flexibility index (Phi) is 6.84. The molecule has 0 spiro atoms. The molecule has 1 unspecified atom stereocenters. The molecule has 0 fully saturated rings. The molecule has 1 aliphatic rings. The molecular weight excluding hydrogens is 450 g/mol. The van der Waals surface area contributed by atoms with Crippen molar-refractivity contribution in [1.29, 1.82) is 0 Å². The summed E-state index contributed by atoms with van der Waals surface area (Å²) >= 11 is 1.00. The van der Waals surface area contributed by atoms with Crippen molar-refractivity contribution in [2.75, 3.05) is 6.54 Å². The zero-order valence-electron chi connectivity index (χ0n) is 18.8. The number of amides is 1. The van der Waals surface area contributed by atoms with E-state index in [1.165, 1.54) is 6.07 Å². The first kappa shape index (κ1) is 25.2. The van der Waals surface area contributed by atoms with Gasteiger partial charge in [0.15, 0.2) is 0 Å². The third-order valence-corrected chi connectivity index (χ3v) is 14.9. The van der Waals surface area contributed by atoms with Gasteiger partial charge < -0.3 is 4.74 Å². The molecule has 0 saturated heterocycles. The van der Waals surface area contributed by atoms with E-state index in [9.17, 15) is 22.0 Å². The lowest BCUT2D eigenvalue weighted by Gasteiger charge is -2.36. The van der Waals surface area contributed by atoms with Crippen LogP contribution in [0.1, 0.15) is 58.0 Å². The van der Waals surface area contributed by atoms with E-state index in [1.807, 2.05) is 33.9 Å². The third-order valence-electron chi connectivity index (χ3n) is 5.45. The van der Waals surface area contributed by atoms with Gasteiger partial charge in [-0.2, -0.15) is 0 Å². The number of nitrogens with one attached hydrogen (secondary N) is 1. The summed E-state index contributed by atoms with van der Waals surface area (Å²) < 4.78 is 62.1. The number of halogens is 2. The molecule has 0 saturated carbocycles. The number of hydrogen-bond acceptors (Lipinski definition) is 5. The maximum atomic E-state index is 14.0. The van der Waals surface area contributed by atoms with E-state index in [0.29, 0.717) is 11.3 Å². The lowest BCUT2D eigenvalue weighted by molar-refractivity contribution is -0.0185. The molecule has 30 heavy (non-hydrogen) atoms. The van der Waals surface area contributed by atoms with Gasteiger partial charge in [0, 0.05) is 11.4 Å². The molecule has 2 heterocycles. The Balaban J connectivity index is 2.40. The Bertz CT molecular complexity index is 903. The second kappa shape index (κ2) is 8.14. The first-order chi connectivity index (χ1) is 13.4. The number of rotatable bonds is 4. The van der Waals surface area contributed by atoms with E-state index >= 15 is 0 Å². The summed E-state index contributed by atoms with van der Waals surface area (Å²) in [6.07, 6.45) is -3.39. The van der Waals surface area contributed by atoms with Gasteiger partial charge in [0.05, 0.1) is 0 Å². The lowest BCUT2D eigenvalue weighted by atomic mass is 10.0. The van der Waals surface area contributed by atoms with E-state index < -0.39 is 42.4 Å². The average Bonchev–Trinajstić information content (AvgIpc) is 2.94. The van der Waals surface area contributed by atoms with E-state index in [4.69, 9.17) is 4.74 Å². The van der Waals surface area contributed by atoms with Crippen LogP contribution in [0.25, 0.3) is 0 Å². The van der Waals surface area contributed by atoms with E-state index in [2.05, 4.69) is 4.39 Å². The highest BCUT2D eigenvalue weighted by molar-refractivity contribution is 7.93. The summed E-state index contributed by atoms with van der Waals surface area (Å²) in [6, 6.07) is -0.236. The standard InChI is InChI=1S/C19H32F2N2O4S2Si/c1-18(2,3)27-17(24)23-10-9-13-12(15(23)16(20)21)11-14(28-13)29(25,26)22-30(7,8)19(4,5)6/h11,15-16,22H,9-10H2,1-8H3. The number of fused-ring (bicyclic) bond motifs is 1. The second-order valence-corrected chi connectivity index (χ2v) is 18.5. The van der Waals surface area contributed by atoms with Crippen molar-refractivity contribution >= 4 is 35.7 Å². The quantitative estimate of drug-likeness (QED) is 0.604. The molecule has 1 aromatic rings. The van der Waals surface area contributed by atoms with Crippen molar-refractivity contribution in [1.82, 2.24) is 9.29 Å². The van der Waals surface area contributed by atoms with Crippen molar-refractivity contribution in [2.45, 2.75) is 88.4 Å². The molecule has 11 heteroatoms. The van der Waals surface area contributed by atoms with Gasteiger partial charge in [-0.25, -0.2) is 26.4 Å². The van der Waals surface area contributed by atoms with Crippen molar-refractivity contribution in [2.24, 2.45) is 0 Å². The minimum absolute atomic E-state index is 0.00835. The Morgan fingerprint density at radius 1 is 1.27 bits per heavy atom. The number of sulfonamides is 1. The summed E-state index contributed by atoms with van der Waals surface area (Å²) in [5.74, 6) is 0. The van der Waals surface area contributed by atoms with Gasteiger partial charge in [-0.3, -0.25) is 4.90 Å². The highest BCUT2D eigenvalue weighted by Crippen LogP contribution is 2.42. The van der Waals surface area contributed by atoms with Crippen molar-refractivity contribution in [3.63, 3.8) is 0 Å². The molecule has 0 aromatic carbocycles. The number of hydrogen-bond donors (Lipinski definition) is 1. The number of carbonyl (C=O) groups excluding carboxylic acids is 1. The second-order valence-electron chi connectivity index (χ2n) is 10.1. The first-order valence-corrected chi connectivity index (χ1v) is 15.1. The molecule has 1 aliphatic heterocycles. The summed E-state index contributed by atoms with van der Waals surface area (Å²) in [4.78, 5) is 14.1. The molecule has 1 aromatic heterocycles. The molecule has 0 bridgehead atoms. The maximum Gasteiger partial charge on any atom is 0.411 e. The van der Waals surface area contributed by atoms with Crippen molar-refractivity contribution in [3.8, 4) is 0 Å². The van der Waals surface area contributed by atoms with Gasteiger partial charge in [0.1, 0.15) is 24.1 Å². The smallest absolute Gasteiger partial charge is 0.411 e. The summed E-state index contributed by atoms with van der Waals surface area (Å²) in [6.45, 7) is 14.8. The molecule has 172 valence electrons. The fourth-order valence-corrected chi connectivity index (χ4v) is 9.49. The molecule has 0 radical (unpaired) electrons. The number of alkyl halides is 2. The molecule has 1 N–H and O–H groups in total. The van der Waals surface area contributed by atoms with E-state index in [0.717, 1.165) is 16.2 Å². The molecule has 1 atom stereocenters. The third kappa shape index (κ3) is 5.41. The molecule has 6 nitrogen and oxygen atoms in total. The highest BCUT2D eigenvalue weighted by Gasteiger charge is 2.43. The zero-order chi connectivity index (χ0) is 23.3. The number of carbonyl (C=O) groups is 1. The minimum atomic E-state index is -3.86. The van der Waals surface area contributed by atoms with E-state index in [1.54, 1.807) is 20.8 Å². The summed E-state index contributed by atoms with van der Waals surface area (Å²) in [7, 11) is -6.26. The van der Waals surface area contributed by atoms with Crippen LogP contribution in [0.15, 0.2) is 10.3 Å². The van der Waals surface area contributed by atoms with Gasteiger partial charge >= 0.3 is 6.09 Å². The minimum Gasteiger partial charge on any atom is -0.444 e. The maximum absolute atomic E-state index is 14.0. The van der Waals surface area contributed by atoms with Crippen molar-refractivity contribution < 1.29 is 26.7 Å². The molecule has 2 rings (SSSR count). The Morgan fingerprint density at radius 2 is 1.83 bits per heavy atom. The van der Waals surface area contributed by atoms with Crippen LogP contribution < -0.4 is 4.39 Å². The van der Waals surface area contributed by atoms with Gasteiger partial charge in [0.25, 0.3) is 6.43 Å². The highest BCUT2D eigenvalue weighted by atomic mass is 32.2. The van der Waals surface area contributed by atoms with Crippen LogP contribution in [0.2, 0.25) is 18.1 Å². The Hall–Kier alpha value is -1.04.